The Balaban J connectivity index is 3.16. The molecule has 0 fully saturated rings. The number of nitrogens with zero attached hydrogens (tertiary/aromatic N) is 6. The Morgan fingerprint density at radius 1 is 1.36 bits per heavy atom. The molecule has 0 aliphatic rings. The van der Waals surface area contributed by atoms with Crippen molar-refractivity contribution in [2.45, 2.75) is 0 Å². The van der Waals surface area contributed by atoms with E-state index in [1.807, 2.05) is 0 Å². The molecule has 10 heteroatoms. The molecular weight excluding hydrogens is 160 g/mol. The fourth-order valence-corrected chi connectivity index (χ4v) is 0.393. The third kappa shape index (κ3) is 1.08. The summed E-state index contributed by atoms with van der Waals surface area (Å²) in [5.74, 6) is -1.02. The molecule has 0 saturated heterocycles. The Morgan fingerprint density at radius 2 is 2.00 bits per heavy atom. The van der Waals surface area contributed by atoms with Gasteiger partial charge in [0.05, 0.1) is 0 Å². The van der Waals surface area contributed by atoms with E-state index in [1.165, 1.54) is 0 Å². The van der Waals surface area contributed by atoms with Crippen molar-refractivity contribution < 1.29 is 9.96 Å². The van der Waals surface area contributed by atoms with Gasteiger partial charge in [-0.2, -0.15) is 0 Å². The lowest BCUT2D eigenvalue weighted by Gasteiger charge is -1.87. The quantitative estimate of drug-likeness (QED) is 0.384. The summed E-state index contributed by atoms with van der Waals surface area (Å²) >= 11 is 0. The summed E-state index contributed by atoms with van der Waals surface area (Å²) < 4.78 is 0. The minimum Gasteiger partial charge on any atom is -0.390 e. The van der Waals surface area contributed by atoms with E-state index in [-0.39, 0.29) is 4.79 Å². The summed E-state index contributed by atoms with van der Waals surface area (Å²) in [5, 5.41) is 27.0. The molecule has 0 atom stereocenters. The molecule has 1 aromatic heterocycles. The second kappa shape index (κ2) is 2.24. The zero-order valence-corrected chi connectivity index (χ0v) is 4.82. The highest BCUT2D eigenvalue weighted by Crippen LogP contribution is 2.00. The predicted molar refractivity (Wildman–Crippen MR) is 26.9 cm³/mol. The van der Waals surface area contributed by atoms with E-state index < -0.39 is 15.9 Å². The maximum Gasteiger partial charge on any atom is 0.548 e. The Hall–Kier alpha value is -2.13. The van der Waals surface area contributed by atoms with Crippen LogP contribution in [0.1, 0.15) is 0 Å². The zero-order chi connectivity index (χ0) is 8.43. The number of tetrazole rings is 1. The molecule has 0 aromatic carbocycles. The molecule has 0 aliphatic carbocycles. The highest BCUT2D eigenvalue weighted by molar-refractivity contribution is 4.93. The van der Waals surface area contributed by atoms with Crippen LogP contribution in [0.15, 0.2) is 0 Å². The van der Waals surface area contributed by atoms with Crippen LogP contribution in [0.25, 0.3) is 0 Å². The van der Waals surface area contributed by atoms with Gasteiger partial charge in [0.2, 0.25) is 4.79 Å². The van der Waals surface area contributed by atoms with Crippen LogP contribution in [-0.2, 0) is 0 Å². The van der Waals surface area contributed by atoms with Gasteiger partial charge in [-0.25, -0.2) is 0 Å². The average molecular weight is 160 g/mol. The summed E-state index contributed by atoms with van der Waals surface area (Å²) in [5.41, 5.74) is 0. The number of nitro groups is 2. The number of aromatic nitrogens is 4. The summed E-state index contributed by atoms with van der Waals surface area (Å²) in [4.78, 5) is 18.7. The standard InChI is InChI=1S/CN6O4/c8-6(9)1-2-3-4-5(1)7(10)11. The van der Waals surface area contributed by atoms with Crippen LogP contribution in [0.3, 0.4) is 0 Å². The van der Waals surface area contributed by atoms with Crippen LogP contribution < -0.4 is 0 Å². The SMILES string of the molecule is O=[N+]([O-])c1nnnn1[N+](=O)[O-]. The summed E-state index contributed by atoms with van der Waals surface area (Å²) in [6.07, 6.45) is 0. The van der Waals surface area contributed by atoms with Crippen LogP contribution in [0.2, 0.25) is 0 Å². The highest BCUT2D eigenvalue weighted by Gasteiger charge is 2.28. The molecule has 1 rings (SSSR count). The van der Waals surface area contributed by atoms with Crippen molar-refractivity contribution in [3.8, 4) is 0 Å². The molecule has 11 heavy (non-hydrogen) atoms. The van der Waals surface area contributed by atoms with Gasteiger partial charge >= 0.3 is 5.95 Å². The van der Waals surface area contributed by atoms with Crippen molar-refractivity contribution in [2.24, 2.45) is 0 Å². The van der Waals surface area contributed by atoms with E-state index in [9.17, 15) is 20.2 Å². The van der Waals surface area contributed by atoms with Crippen molar-refractivity contribution in [3.63, 3.8) is 0 Å². The maximum absolute atomic E-state index is 9.93. The fraction of sp³-hybridized carbons (Fsp3) is 0. The number of rotatable bonds is 2. The topological polar surface area (TPSA) is 130 Å². The van der Waals surface area contributed by atoms with E-state index in [0.717, 1.165) is 0 Å². The molecule has 0 aliphatic heterocycles. The molecule has 58 valence electrons. The second-order valence-corrected chi connectivity index (χ2v) is 1.36. The van der Waals surface area contributed by atoms with Gasteiger partial charge in [-0.05, 0) is 4.92 Å². The zero-order valence-electron chi connectivity index (χ0n) is 4.82. The normalized spacial score (nSPS) is 9.45. The van der Waals surface area contributed by atoms with Crippen LogP contribution in [0.4, 0.5) is 5.95 Å². The van der Waals surface area contributed by atoms with Crippen molar-refractivity contribution in [1.82, 2.24) is 20.3 Å². The number of hydrogen-bond donors (Lipinski definition) is 0. The highest BCUT2D eigenvalue weighted by atomic mass is 16.7. The number of hydrogen-bond acceptors (Lipinski definition) is 7. The maximum atomic E-state index is 9.93. The molecular formula is CN6O4. The molecule has 10 nitrogen and oxygen atoms in total. The summed E-state index contributed by atoms with van der Waals surface area (Å²) in [7, 11) is 0. The van der Waals surface area contributed by atoms with E-state index in [0.29, 0.717) is 0 Å². The van der Waals surface area contributed by atoms with Gasteiger partial charge in [-0.1, -0.05) is 0 Å². The molecule has 0 unspecified atom stereocenters. The minimum absolute atomic E-state index is 0.125. The summed E-state index contributed by atoms with van der Waals surface area (Å²) in [6, 6.07) is 0. The van der Waals surface area contributed by atoms with Crippen LogP contribution in [0, 0.1) is 20.2 Å². The van der Waals surface area contributed by atoms with Gasteiger partial charge in [-0.15, -0.1) is 0 Å². The van der Waals surface area contributed by atoms with Crippen molar-refractivity contribution in [1.29, 1.82) is 0 Å². The molecule has 0 bridgehead atoms. The van der Waals surface area contributed by atoms with Crippen LogP contribution in [0.5, 0.6) is 0 Å². The van der Waals surface area contributed by atoms with Crippen LogP contribution >= 0.6 is 0 Å². The van der Waals surface area contributed by atoms with E-state index in [1.54, 1.807) is 0 Å². The third-order valence-electron chi connectivity index (χ3n) is 0.756. The van der Waals surface area contributed by atoms with Gasteiger partial charge < -0.3 is 20.2 Å². The predicted octanol–water partition coefficient (Wildman–Crippen LogP) is -1.38. The first-order valence-corrected chi connectivity index (χ1v) is 2.20. The van der Waals surface area contributed by atoms with Crippen LogP contribution in [-0.4, -0.2) is 30.3 Å². The van der Waals surface area contributed by atoms with Gasteiger partial charge in [0, 0.05) is 0 Å². The lowest BCUT2D eigenvalue weighted by molar-refractivity contribution is -0.571. The Labute approximate surface area is 57.7 Å². The molecule has 1 heterocycles. The first-order chi connectivity index (χ1) is 5.13. The lowest BCUT2D eigenvalue weighted by atomic mass is 11.1. The molecule has 0 N–H and O–H groups in total. The first kappa shape index (κ1) is 6.98. The van der Waals surface area contributed by atoms with Crippen molar-refractivity contribution >= 4 is 5.95 Å². The second-order valence-electron chi connectivity index (χ2n) is 1.36. The molecule has 0 amide bonds. The minimum atomic E-state index is -1.10. The van der Waals surface area contributed by atoms with E-state index in [4.69, 9.17) is 0 Å². The van der Waals surface area contributed by atoms with Gasteiger partial charge in [0.25, 0.3) is 5.21 Å². The van der Waals surface area contributed by atoms with Gasteiger partial charge in [0.1, 0.15) is 10.1 Å². The third-order valence-corrected chi connectivity index (χ3v) is 0.756. The molecule has 0 spiro atoms. The Kier molecular flexibility index (Phi) is 1.42. The van der Waals surface area contributed by atoms with Crippen molar-refractivity contribution in [2.75, 3.05) is 0 Å². The average Bonchev–Trinajstić information content (AvgIpc) is 2.32. The van der Waals surface area contributed by atoms with Crippen molar-refractivity contribution in [3.05, 3.63) is 20.2 Å². The summed E-state index contributed by atoms with van der Waals surface area (Å²) in [6.45, 7) is 0. The van der Waals surface area contributed by atoms with Gasteiger partial charge in [0.15, 0.2) is 5.21 Å². The van der Waals surface area contributed by atoms with Gasteiger partial charge in [-0.3, -0.25) is 0 Å². The smallest absolute Gasteiger partial charge is 0.390 e. The van der Waals surface area contributed by atoms with E-state index in [2.05, 4.69) is 15.5 Å². The molecule has 1 aromatic rings. The largest absolute Gasteiger partial charge is 0.548 e. The molecule has 0 saturated carbocycles. The Morgan fingerprint density at radius 3 is 2.36 bits per heavy atom. The van der Waals surface area contributed by atoms with E-state index >= 15 is 0 Å². The molecule has 0 radical (unpaired) electrons. The Bertz CT molecular complexity index is 273. The lowest BCUT2D eigenvalue weighted by Crippen LogP contribution is -2.13. The monoisotopic (exact) mass is 160 g/mol. The first-order valence-electron chi connectivity index (χ1n) is 2.20. The fourth-order valence-electron chi connectivity index (χ4n) is 0.393.